The van der Waals surface area contributed by atoms with Crippen molar-refractivity contribution in [3.8, 4) is 0 Å². The van der Waals surface area contributed by atoms with Gasteiger partial charge in [0.2, 0.25) is 0 Å². The molecule has 1 aromatic rings. The van der Waals surface area contributed by atoms with Gasteiger partial charge < -0.3 is 4.74 Å². The van der Waals surface area contributed by atoms with Crippen molar-refractivity contribution in [2.24, 2.45) is 5.92 Å². The molecule has 2 aliphatic rings. The second-order valence-electron chi connectivity index (χ2n) is 5.14. The number of ether oxygens (including phenoxy) is 1. The lowest BCUT2D eigenvalue weighted by Gasteiger charge is -2.33. The predicted octanol–water partition coefficient (Wildman–Crippen LogP) is 2.75. The lowest BCUT2D eigenvalue weighted by Crippen LogP contribution is -2.41. The van der Waals surface area contributed by atoms with Crippen LogP contribution in [0, 0.1) is 5.92 Å². The molecule has 0 spiro atoms. The van der Waals surface area contributed by atoms with Crippen molar-refractivity contribution in [2.45, 2.75) is 38.5 Å². The van der Waals surface area contributed by atoms with Gasteiger partial charge in [-0.3, -0.25) is 4.90 Å². The number of hydrogen-bond acceptors (Lipinski definition) is 3. The predicted molar refractivity (Wildman–Crippen MR) is 66.7 cm³/mol. The molecule has 0 N–H and O–H groups in total. The highest BCUT2D eigenvalue weighted by Gasteiger charge is 2.37. The molecular formula is C13H19NOS. The van der Waals surface area contributed by atoms with Crippen molar-refractivity contribution in [2.75, 3.05) is 13.1 Å². The van der Waals surface area contributed by atoms with E-state index in [4.69, 9.17) is 4.74 Å². The number of likely N-dealkylation sites (tertiary alicyclic amines) is 1. The minimum atomic E-state index is 0.482. The van der Waals surface area contributed by atoms with E-state index in [0.717, 1.165) is 19.0 Å². The van der Waals surface area contributed by atoms with E-state index in [9.17, 15) is 0 Å². The van der Waals surface area contributed by atoms with Gasteiger partial charge >= 0.3 is 0 Å². The van der Waals surface area contributed by atoms with E-state index >= 15 is 0 Å². The largest absolute Gasteiger partial charge is 0.374 e. The number of hydrogen-bond donors (Lipinski definition) is 0. The average molecular weight is 237 g/mol. The van der Waals surface area contributed by atoms with E-state index in [1.165, 1.54) is 24.9 Å². The number of piperidine rings is 1. The first-order valence-corrected chi connectivity index (χ1v) is 7.14. The zero-order valence-corrected chi connectivity index (χ0v) is 10.6. The Morgan fingerprint density at radius 3 is 3.31 bits per heavy atom. The molecule has 2 aliphatic heterocycles. The maximum atomic E-state index is 5.98. The quantitative estimate of drug-likeness (QED) is 0.784. The van der Waals surface area contributed by atoms with Crippen molar-refractivity contribution in [1.29, 1.82) is 0 Å². The molecule has 3 heterocycles. The third-order valence-corrected chi connectivity index (χ3v) is 4.54. The average Bonchev–Trinajstić information content (AvgIpc) is 2.85. The van der Waals surface area contributed by atoms with Gasteiger partial charge in [-0.25, -0.2) is 0 Å². The summed E-state index contributed by atoms with van der Waals surface area (Å²) in [6.45, 7) is 5.68. The van der Waals surface area contributed by atoms with E-state index in [2.05, 4.69) is 28.7 Å². The van der Waals surface area contributed by atoms with Gasteiger partial charge in [0.15, 0.2) is 0 Å². The second kappa shape index (κ2) is 4.47. The molecular weight excluding hydrogens is 218 g/mol. The first kappa shape index (κ1) is 10.8. The first-order chi connectivity index (χ1) is 7.81. The fourth-order valence-corrected chi connectivity index (χ4v) is 3.68. The Morgan fingerprint density at radius 1 is 1.56 bits per heavy atom. The van der Waals surface area contributed by atoms with Crippen LogP contribution in [0.1, 0.15) is 25.3 Å². The summed E-state index contributed by atoms with van der Waals surface area (Å²) < 4.78 is 5.98. The minimum absolute atomic E-state index is 0.482. The van der Waals surface area contributed by atoms with Gasteiger partial charge in [0, 0.05) is 13.1 Å². The van der Waals surface area contributed by atoms with Crippen LogP contribution in [0.25, 0.3) is 0 Å². The minimum Gasteiger partial charge on any atom is -0.374 e. The van der Waals surface area contributed by atoms with Crippen LogP contribution in [0.5, 0.6) is 0 Å². The highest BCUT2D eigenvalue weighted by molar-refractivity contribution is 7.07. The van der Waals surface area contributed by atoms with E-state index in [0.29, 0.717) is 12.2 Å². The van der Waals surface area contributed by atoms with Gasteiger partial charge in [-0.2, -0.15) is 11.3 Å². The zero-order chi connectivity index (χ0) is 11.0. The molecule has 3 heteroatoms. The number of nitrogens with zero attached hydrogens (tertiary/aromatic N) is 1. The number of thiophene rings is 1. The molecule has 0 amide bonds. The molecule has 2 nitrogen and oxygen atoms in total. The van der Waals surface area contributed by atoms with Gasteiger partial charge in [0.05, 0.1) is 12.2 Å². The van der Waals surface area contributed by atoms with Crippen LogP contribution < -0.4 is 0 Å². The smallest absolute Gasteiger partial charge is 0.0735 e. The zero-order valence-electron chi connectivity index (χ0n) is 9.76. The number of rotatable bonds is 2. The summed E-state index contributed by atoms with van der Waals surface area (Å²) >= 11 is 1.79. The lowest BCUT2D eigenvalue weighted by atomic mass is 9.92. The summed E-state index contributed by atoms with van der Waals surface area (Å²) in [4.78, 5) is 2.54. The standard InChI is InChI=1S/C13H19NOS/c1-10-6-12-2-4-14(8-13(12)15-10)7-11-3-5-16-9-11/h3,5,9-10,12-13H,2,4,6-8H2,1H3/t10-,12-,13+/m0/s1. The van der Waals surface area contributed by atoms with Crippen LogP contribution in [0.3, 0.4) is 0 Å². The maximum Gasteiger partial charge on any atom is 0.0735 e. The summed E-state index contributed by atoms with van der Waals surface area (Å²) in [7, 11) is 0. The molecule has 3 rings (SSSR count). The van der Waals surface area contributed by atoms with Gasteiger partial charge in [0.1, 0.15) is 0 Å². The highest BCUT2D eigenvalue weighted by Crippen LogP contribution is 2.33. The van der Waals surface area contributed by atoms with Gasteiger partial charge in [-0.1, -0.05) is 0 Å². The summed E-state index contributed by atoms with van der Waals surface area (Å²) in [5.74, 6) is 0.828. The highest BCUT2D eigenvalue weighted by atomic mass is 32.1. The van der Waals surface area contributed by atoms with Crippen molar-refractivity contribution in [3.63, 3.8) is 0 Å². The topological polar surface area (TPSA) is 12.5 Å². The van der Waals surface area contributed by atoms with Crippen LogP contribution in [0.2, 0.25) is 0 Å². The Morgan fingerprint density at radius 2 is 2.50 bits per heavy atom. The Labute approximate surface area is 101 Å². The summed E-state index contributed by atoms with van der Waals surface area (Å²) in [5, 5.41) is 4.42. The van der Waals surface area contributed by atoms with Crippen LogP contribution in [0.4, 0.5) is 0 Å². The molecule has 1 aromatic heterocycles. The molecule has 2 fully saturated rings. The molecule has 88 valence electrons. The Balaban J connectivity index is 1.59. The second-order valence-corrected chi connectivity index (χ2v) is 5.92. The fourth-order valence-electron chi connectivity index (χ4n) is 3.02. The van der Waals surface area contributed by atoms with E-state index in [1.54, 1.807) is 11.3 Å². The van der Waals surface area contributed by atoms with Crippen molar-refractivity contribution < 1.29 is 4.74 Å². The monoisotopic (exact) mass is 237 g/mol. The van der Waals surface area contributed by atoms with Gasteiger partial charge in [-0.15, -0.1) is 0 Å². The molecule has 0 bridgehead atoms. The third-order valence-electron chi connectivity index (χ3n) is 3.81. The fraction of sp³-hybridized carbons (Fsp3) is 0.692. The van der Waals surface area contributed by atoms with Crippen molar-refractivity contribution in [1.82, 2.24) is 4.90 Å². The Bertz CT molecular complexity index is 338. The molecule has 2 saturated heterocycles. The SMILES string of the molecule is C[C@H]1C[C@@H]2CCN(Cc3ccsc3)C[C@H]2O1. The van der Waals surface area contributed by atoms with E-state index in [1.807, 2.05) is 0 Å². The third kappa shape index (κ3) is 2.17. The first-order valence-electron chi connectivity index (χ1n) is 6.20. The molecule has 0 aromatic carbocycles. The molecule has 16 heavy (non-hydrogen) atoms. The maximum absolute atomic E-state index is 5.98. The van der Waals surface area contributed by atoms with Crippen LogP contribution in [-0.4, -0.2) is 30.2 Å². The van der Waals surface area contributed by atoms with E-state index in [-0.39, 0.29) is 0 Å². The Hall–Kier alpha value is -0.380. The number of fused-ring (bicyclic) bond motifs is 1. The summed E-state index contributed by atoms with van der Waals surface area (Å²) in [6, 6.07) is 2.23. The molecule has 0 aliphatic carbocycles. The van der Waals surface area contributed by atoms with Crippen LogP contribution >= 0.6 is 11.3 Å². The normalized spacial score (nSPS) is 35.2. The molecule has 0 saturated carbocycles. The summed E-state index contributed by atoms with van der Waals surface area (Å²) in [6.07, 6.45) is 3.58. The van der Waals surface area contributed by atoms with Gasteiger partial charge in [0.25, 0.3) is 0 Å². The molecule has 3 atom stereocenters. The van der Waals surface area contributed by atoms with Crippen molar-refractivity contribution in [3.05, 3.63) is 22.4 Å². The lowest BCUT2D eigenvalue weighted by molar-refractivity contribution is -0.00273. The Kier molecular flexibility index (Phi) is 3.01. The van der Waals surface area contributed by atoms with Gasteiger partial charge in [-0.05, 0) is 54.6 Å². The summed E-state index contributed by atoms with van der Waals surface area (Å²) in [5.41, 5.74) is 1.45. The van der Waals surface area contributed by atoms with E-state index < -0.39 is 0 Å². The van der Waals surface area contributed by atoms with Crippen molar-refractivity contribution >= 4 is 11.3 Å². The molecule has 0 unspecified atom stereocenters. The van der Waals surface area contributed by atoms with Crippen LogP contribution in [-0.2, 0) is 11.3 Å². The van der Waals surface area contributed by atoms with Crippen LogP contribution in [0.15, 0.2) is 16.8 Å². The molecule has 0 radical (unpaired) electrons.